The molecule has 1 atom stereocenters. The predicted octanol–water partition coefficient (Wildman–Crippen LogP) is 7.04. The van der Waals surface area contributed by atoms with Crippen LogP contribution in [0.3, 0.4) is 0 Å². The van der Waals surface area contributed by atoms with E-state index in [0.29, 0.717) is 18.2 Å². The molecule has 5 nitrogen and oxygen atoms in total. The molecule has 0 radical (unpaired) electrons. The number of benzene rings is 2. The van der Waals surface area contributed by atoms with Crippen molar-refractivity contribution in [2.24, 2.45) is 0 Å². The van der Waals surface area contributed by atoms with E-state index in [0.717, 1.165) is 48.8 Å². The molecule has 2 aromatic carbocycles. The Hall–Kier alpha value is -3.21. The molecule has 0 saturated heterocycles. The smallest absolute Gasteiger partial charge is 0.347 e. The highest BCUT2D eigenvalue weighted by molar-refractivity contribution is 5.74. The van der Waals surface area contributed by atoms with Gasteiger partial charge >= 0.3 is 5.97 Å². The van der Waals surface area contributed by atoms with Gasteiger partial charge < -0.3 is 9.47 Å². The van der Waals surface area contributed by atoms with Gasteiger partial charge in [0.05, 0.1) is 6.61 Å². The van der Waals surface area contributed by atoms with Crippen LogP contribution >= 0.6 is 0 Å². The van der Waals surface area contributed by atoms with E-state index in [1.165, 1.54) is 18.4 Å². The number of hydrogen-bond acceptors (Lipinski definition) is 5. The maximum absolute atomic E-state index is 12.1. The van der Waals surface area contributed by atoms with Crippen molar-refractivity contribution >= 4 is 5.97 Å². The van der Waals surface area contributed by atoms with Gasteiger partial charge in [-0.25, -0.2) is 14.8 Å². The Labute approximate surface area is 203 Å². The van der Waals surface area contributed by atoms with E-state index in [2.05, 4.69) is 48.1 Å². The quantitative estimate of drug-likeness (QED) is 0.202. The summed E-state index contributed by atoms with van der Waals surface area (Å²) in [4.78, 5) is 21.2. The number of hydrogen-bond donors (Lipinski definition) is 0. The van der Waals surface area contributed by atoms with Crippen molar-refractivity contribution in [1.29, 1.82) is 0 Å². The zero-order valence-corrected chi connectivity index (χ0v) is 20.6. The minimum Gasteiger partial charge on any atom is -0.479 e. The zero-order valence-electron chi connectivity index (χ0n) is 20.6. The topological polar surface area (TPSA) is 61.3 Å². The van der Waals surface area contributed by atoms with Crippen LogP contribution in [0.5, 0.6) is 5.75 Å². The summed E-state index contributed by atoms with van der Waals surface area (Å²) in [5.41, 5.74) is 4.36. The fraction of sp³-hybridized carbons (Fsp3) is 0.414. The van der Waals surface area contributed by atoms with Crippen LogP contribution < -0.4 is 4.74 Å². The first-order chi connectivity index (χ1) is 16.6. The Balaban J connectivity index is 1.53. The third-order valence-corrected chi connectivity index (χ3v) is 5.76. The number of rotatable bonds is 13. The van der Waals surface area contributed by atoms with Gasteiger partial charge in [0.2, 0.25) is 0 Å². The molecular formula is C29H36N2O3. The number of carbonyl (C=O) groups is 1. The monoisotopic (exact) mass is 460 g/mol. The van der Waals surface area contributed by atoms with Crippen LogP contribution in [0.1, 0.15) is 64.9 Å². The molecule has 0 amide bonds. The first kappa shape index (κ1) is 25.4. The highest BCUT2D eigenvalue weighted by Gasteiger charge is 2.16. The van der Waals surface area contributed by atoms with Gasteiger partial charge in [-0.1, -0.05) is 63.8 Å². The van der Waals surface area contributed by atoms with E-state index in [1.807, 2.05) is 36.7 Å². The highest BCUT2D eigenvalue weighted by Crippen LogP contribution is 2.23. The summed E-state index contributed by atoms with van der Waals surface area (Å²) in [5.74, 6) is 0.922. The van der Waals surface area contributed by atoms with Crippen LogP contribution in [0.4, 0.5) is 0 Å². The maximum atomic E-state index is 12.1. The summed E-state index contributed by atoms with van der Waals surface area (Å²) in [6.07, 6.45) is 10.9. The van der Waals surface area contributed by atoms with Crippen molar-refractivity contribution in [2.75, 3.05) is 6.61 Å². The van der Waals surface area contributed by atoms with Gasteiger partial charge in [-0.3, -0.25) is 0 Å². The number of carbonyl (C=O) groups excluding carboxylic acids is 1. The second-order valence-corrected chi connectivity index (χ2v) is 8.61. The molecule has 0 aliphatic rings. The van der Waals surface area contributed by atoms with Crippen molar-refractivity contribution in [3.63, 3.8) is 0 Å². The van der Waals surface area contributed by atoms with Crippen molar-refractivity contribution in [1.82, 2.24) is 9.97 Å². The van der Waals surface area contributed by atoms with Crippen LogP contribution in [-0.2, 0) is 16.0 Å². The van der Waals surface area contributed by atoms with E-state index in [-0.39, 0.29) is 5.97 Å². The molecule has 0 fully saturated rings. The second-order valence-electron chi connectivity index (χ2n) is 8.61. The standard InChI is InChI=1S/C29H36N2O3/c1-4-6-8-9-19-33-29(32)22(3)34-27-17-15-25(16-18-27)28-30-20-26(21-31-28)24-13-11-23(12-14-24)10-7-5-2/h11-18,20-22H,4-10,19H2,1-3H3/t22-/m1/s1. The number of esters is 1. The van der Waals surface area contributed by atoms with Gasteiger partial charge in [-0.2, -0.15) is 0 Å². The maximum Gasteiger partial charge on any atom is 0.347 e. The number of aromatic nitrogens is 2. The molecule has 0 unspecified atom stereocenters. The summed E-state index contributed by atoms with van der Waals surface area (Å²) >= 11 is 0. The molecule has 0 spiro atoms. The van der Waals surface area contributed by atoms with E-state index in [4.69, 9.17) is 9.47 Å². The molecule has 0 bridgehead atoms. The average molecular weight is 461 g/mol. The van der Waals surface area contributed by atoms with Crippen molar-refractivity contribution in [2.45, 2.75) is 71.8 Å². The van der Waals surface area contributed by atoms with Gasteiger partial charge in [0.15, 0.2) is 11.9 Å². The van der Waals surface area contributed by atoms with Crippen LogP contribution in [0.25, 0.3) is 22.5 Å². The summed E-state index contributed by atoms with van der Waals surface area (Å²) in [7, 11) is 0. The molecule has 3 rings (SSSR count). The Morgan fingerprint density at radius 1 is 0.794 bits per heavy atom. The second kappa shape index (κ2) is 13.5. The molecular weight excluding hydrogens is 424 g/mol. The lowest BCUT2D eigenvalue weighted by atomic mass is 10.0. The number of aryl methyl sites for hydroxylation is 1. The first-order valence-corrected chi connectivity index (χ1v) is 12.5. The van der Waals surface area contributed by atoms with Crippen LogP contribution in [0.2, 0.25) is 0 Å². The molecule has 180 valence electrons. The SMILES string of the molecule is CCCCCCOC(=O)[C@@H](C)Oc1ccc(-c2ncc(-c3ccc(CCCC)cc3)cn2)cc1. The fourth-order valence-corrected chi connectivity index (χ4v) is 3.62. The molecule has 0 N–H and O–H groups in total. The average Bonchev–Trinajstić information content (AvgIpc) is 2.88. The molecule has 3 aromatic rings. The van der Waals surface area contributed by atoms with E-state index in [1.54, 1.807) is 6.92 Å². The Kier molecular flexibility index (Phi) is 10.1. The van der Waals surface area contributed by atoms with E-state index in [9.17, 15) is 4.79 Å². The number of ether oxygens (including phenoxy) is 2. The molecule has 0 saturated carbocycles. The normalized spacial score (nSPS) is 11.7. The van der Waals surface area contributed by atoms with Crippen molar-refractivity contribution < 1.29 is 14.3 Å². The van der Waals surface area contributed by atoms with Crippen LogP contribution in [0, 0.1) is 0 Å². The zero-order chi connectivity index (χ0) is 24.2. The van der Waals surface area contributed by atoms with E-state index >= 15 is 0 Å². The molecule has 1 heterocycles. The Bertz CT molecular complexity index is 999. The lowest BCUT2D eigenvalue weighted by molar-refractivity contribution is -0.151. The Morgan fingerprint density at radius 2 is 1.44 bits per heavy atom. The first-order valence-electron chi connectivity index (χ1n) is 12.5. The van der Waals surface area contributed by atoms with Gasteiger partial charge in [0.1, 0.15) is 5.75 Å². The Morgan fingerprint density at radius 3 is 2.09 bits per heavy atom. The number of unbranched alkanes of at least 4 members (excludes halogenated alkanes) is 4. The predicted molar refractivity (Wildman–Crippen MR) is 137 cm³/mol. The highest BCUT2D eigenvalue weighted by atomic mass is 16.6. The van der Waals surface area contributed by atoms with Crippen LogP contribution in [-0.4, -0.2) is 28.6 Å². The molecule has 0 aliphatic heterocycles. The summed E-state index contributed by atoms with van der Waals surface area (Å²) in [6, 6.07) is 16.1. The van der Waals surface area contributed by atoms with E-state index < -0.39 is 6.10 Å². The van der Waals surface area contributed by atoms with Gasteiger partial charge in [0.25, 0.3) is 0 Å². The van der Waals surface area contributed by atoms with Gasteiger partial charge in [0, 0.05) is 23.5 Å². The third-order valence-electron chi connectivity index (χ3n) is 5.76. The lowest BCUT2D eigenvalue weighted by Gasteiger charge is -2.14. The third kappa shape index (κ3) is 7.68. The fourth-order valence-electron chi connectivity index (χ4n) is 3.62. The summed E-state index contributed by atoms with van der Waals surface area (Å²) in [5, 5.41) is 0. The van der Waals surface area contributed by atoms with Crippen molar-refractivity contribution in [3.8, 4) is 28.3 Å². The minimum absolute atomic E-state index is 0.335. The van der Waals surface area contributed by atoms with Gasteiger partial charge in [-0.05, 0) is 61.6 Å². The van der Waals surface area contributed by atoms with Gasteiger partial charge in [-0.15, -0.1) is 0 Å². The van der Waals surface area contributed by atoms with Crippen molar-refractivity contribution in [3.05, 3.63) is 66.5 Å². The molecule has 0 aliphatic carbocycles. The lowest BCUT2D eigenvalue weighted by Crippen LogP contribution is -2.26. The van der Waals surface area contributed by atoms with Crippen LogP contribution in [0.15, 0.2) is 60.9 Å². The minimum atomic E-state index is -0.652. The number of nitrogens with zero attached hydrogens (tertiary/aromatic N) is 2. The molecule has 1 aromatic heterocycles. The molecule has 34 heavy (non-hydrogen) atoms. The molecule has 5 heteroatoms. The summed E-state index contributed by atoms with van der Waals surface area (Å²) < 4.78 is 11.0. The summed E-state index contributed by atoms with van der Waals surface area (Å²) in [6.45, 7) is 6.52. The largest absolute Gasteiger partial charge is 0.479 e.